The van der Waals surface area contributed by atoms with Crippen LogP contribution in [0.4, 0.5) is 18.3 Å². The lowest BCUT2D eigenvalue weighted by molar-refractivity contribution is -0.138. The molecule has 0 spiro atoms. The van der Waals surface area contributed by atoms with Crippen molar-refractivity contribution in [1.82, 2.24) is 10.2 Å². The van der Waals surface area contributed by atoms with E-state index in [-0.39, 0.29) is 5.13 Å². The number of rotatable bonds is 4. The lowest BCUT2D eigenvalue weighted by Crippen LogP contribution is -2.16. The van der Waals surface area contributed by atoms with Crippen molar-refractivity contribution in [2.75, 3.05) is 11.9 Å². The minimum atomic E-state index is -4.44. The van der Waals surface area contributed by atoms with Crippen LogP contribution in [-0.4, -0.2) is 17.2 Å². The van der Waals surface area contributed by atoms with Gasteiger partial charge < -0.3 is 10.6 Å². The Balaban J connectivity index is 2.07. The molecule has 0 atom stereocenters. The van der Waals surface area contributed by atoms with Gasteiger partial charge in [0.05, 0.1) is 0 Å². The lowest BCUT2D eigenvalue weighted by atomic mass is 10.1. The Hall–Kier alpha value is -1.67. The largest absolute Gasteiger partial charge is 0.445 e. The fourth-order valence-electron chi connectivity index (χ4n) is 1.61. The van der Waals surface area contributed by atoms with E-state index in [4.69, 9.17) is 5.73 Å². The van der Waals surface area contributed by atoms with Gasteiger partial charge in [-0.2, -0.15) is 13.2 Å². The Morgan fingerprint density at radius 1 is 1.15 bits per heavy atom. The third-order valence-electron chi connectivity index (χ3n) is 2.66. The molecule has 2 rings (SSSR count). The summed E-state index contributed by atoms with van der Waals surface area (Å²) in [5.41, 5.74) is 7.47. The maximum atomic E-state index is 12.5. The average molecular weight is 302 g/mol. The van der Waals surface area contributed by atoms with Crippen molar-refractivity contribution >= 4 is 16.5 Å². The third kappa shape index (κ3) is 3.45. The number of halogens is 3. The Kier molecular flexibility index (Phi) is 4.24. The van der Waals surface area contributed by atoms with E-state index in [2.05, 4.69) is 10.2 Å². The van der Waals surface area contributed by atoms with Gasteiger partial charge in [-0.15, -0.1) is 10.2 Å². The van der Waals surface area contributed by atoms with Crippen LogP contribution in [-0.2, 0) is 19.3 Å². The molecule has 4 nitrogen and oxygen atoms in total. The summed E-state index contributed by atoms with van der Waals surface area (Å²) in [7, 11) is 1.68. The zero-order valence-corrected chi connectivity index (χ0v) is 11.5. The molecule has 0 fully saturated rings. The fourth-order valence-corrected chi connectivity index (χ4v) is 2.28. The van der Waals surface area contributed by atoms with Crippen molar-refractivity contribution in [3.63, 3.8) is 0 Å². The van der Waals surface area contributed by atoms with Crippen LogP contribution < -0.4 is 10.6 Å². The third-order valence-corrected chi connectivity index (χ3v) is 3.74. The minimum absolute atomic E-state index is 0.236. The summed E-state index contributed by atoms with van der Waals surface area (Å²) in [6.45, 7) is 0.915. The van der Waals surface area contributed by atoms with E-state index in [1.54, 1.807) is 11.9 Å². The van der Waals surface area contributed by atoms with Gasteiger partial charge in [-0.05, 0) is 11.1 Å². The summed E-state index contributed by atoms with van der Waals surface area (Å²) in [6, 6.07) is 7.57. The molecule has 0 saturated carbocycles. The molecule has 0 unspecified atom stereocenters. The summed E-state index contributed by atoms with van der Waals surface area (Å²) in [6.07, 6.45) is -4.44. The summed E-state index contributed by atoms with van der Waals surface area (Å²) in [4.78, 5) is 1.63. The number of anilines is 1. The first kappa shape index (κ1) is 14.7. The number of aromatic nitrogens is 2. The Morgan fingerprint density at radius 3 is 2.25 bits per heavy atom. The van der Waals surface area contributed by atoms with Gasteiger partial charge in [0.15, 0.2) is 0 Å². The first-order valence-electron chi connectivity index (χ1n) is 5.80. The highest BCUT2D eigenvalue weighted by Gasteiger charge is 2.36. The molecule has 20 heavy (non-hydrogen) atoms. The van der Waals surface area contributed by atoms with Gasteiger partial charge in [-0.1, -0.05) is 35.6 Å². The molecule has 1 heterocycles. The van der Waals surface area contributed by atoms with E-state index in [9.17, 15) is 13.2 Å². The molecule has 1 aromatic carbocycles. The van der Waals surface area contributed by atoms with Crippen LogP contribution >= 0.6 is 11.3 Å². The Morgan fingerprint density at radius 2 is 1.75 bits per heavy atom. The highest BCUT2D eigenvalue weighted by Crippen LogP contribution is 2.34. The van der Waals surface area contributed by atoms with Crippen LogP contribution in [0.2, 0.25) is 0 Å². The first-order valence-corrected chi connectivity index (χ1v) is 6.61. The van der Waals surface area contributed by atoms with Crippen molar-refractivity contribution < 1.29 is 13.2 Å². The van der Waals surface area contributed by atoms with E-state index in [1.165, 1.54) is 0 Å². The molecular formula is C12H13F3N4S. The molecule has 8 heteroatoms. The van der Waals surface area contributed by atoms with Gasteiger partial charge in [-0.25, -0.2) is 0 Å². The van der Waals surface area contributed by atoms with Gasteiger partial charge in [0.25, 0.3) is 0 Å². The quantitative estimate of drug-likeness (QED) is 0.943. The molecule has 0 aliphatic carbocycles. The summed E-state index contributed by atoms with van der Waals surface area (Å²) in [5.74, 6) is 0. The number of nitrogens with two attached hydrogens (primary N) is 1. The second-order valence-corrected chi connectivity index (χ2v) is 5.22. The molecule has 0 saturated heterocycles. The standard InChI is InChI=1S/C12H13F3N4S/c1-19(7-9-4-2-8(6-16)3-5-9)11-18-17-10(20-11)12(13,14)15/h2-5H,6-7,16H2,1H3. The predicted molar refractivity (Wildman–Crippen MR) is 71.4 cm³/mol. The van der Waals surface area contributed by atoms with Crippen LogP contribution in [0.5, 0.6) is 0 Å². The summed E-state index contributed by atoms with van der Waals surface area (Å²) in [5, 5.41) is 6.03. The fraction of sp³-hybridized carbons (Fsp3) is 0.333. The smallest absolute Gasteiger partial charge is 0.345 e. The molecule has 2 N–H and O–H groups in total. The van der Waals surface area contributed by atoms with E-state index >= 15 is 0 Å². The molecule has 0 bridgehead atoms. The zero-order chi connectivity index (χ0) is 14.8. The molecule has 0 amide bonds. The van der Waals surface area contributed by atoms with E-state index in [1.807, 2.05) is 24.3 Å². The van der Waals surface area contributed by atoms with E-state index < -0.39 is 11.2 Å². The van der Waals surface area contributed by atoms with Gasteiger partial charge in [0, 0.05) is 20.1 Å². The van der Waals surface area contributed by atoms with Crippen LogP contribution in [0.15, 0.2) is 24.3 Å². The first-order chi connectivity index (χ1) is 9.40. The maximum absolute atomic E-state index is 12.5. The topological polar surface area (TPSA) is 55.0 Å². The summed E-state index contributed by atoms with van der Waals surface area (Å²) < 4.78 is 37.4. The Bertz CT molecular complexity index is 565. The molecule has 0 aliphatic heterocycles. The molecule has 0 radical (unpaired) electrons. The Labute approximate surface area is 118 Å². The number of nitrogens with zero attached hydrogens (tertiary/aromatic N) is 3. The predicted octanol–water partition coefficient (Wildman–Crippen LogP) is 2.65. The summed E-state index contributed by atoms with van der Waals surface area (Å²) >= 11 is 0.534. The molecule has 1 aromatic heterocycles. The molecule has 2 aromatic rings. The van der Waals surface area contributed by atoms with Gasteiger partial charge >= 0.3 is 6.18 Å². The molecular weight excluding hydrogens is 289 g/mol. The van der Waals surface area contributed by atoms with Crippen molar-refractivity contribution in [2.24, 2.45) is 5.73 Å². The normalized spacial score (nSPS) is 11.7. The van der Waals surface area contributed by atoms with Crippen LogP contribution in [0.1, 0.15) is 16.1 Å². The molecule has 108 valence electrons. The van der Waals surface area contributed by atoms with E-state index in [0.29, 0.717) is 24.4 Å². The lowest BCUT2D eigenvalue weighted by Gasteiger charge is -2.15. The van der Waals surface area contributed by atoms with Crippen LogP contribution in [0.3, 0.4) is 0 Å². The van der Waals surface area contributed by atoms with E-state index in [0.717, 1.165) is 11.1 Å². The van der Waals surface area contributed by atoms with Crippen molar-refractivity contribution in [1.29, 1.82) is 0 Å². The number of hydrogen-bond acceptors (Lipinski definition) is 5. The van der Waals surface area contributed by atoms with Gasteiger partial charge in [-0.3, -0.25) is 0 Å². The highest BCUT2D eigenvalue weighted by atomic mass is 32.1. The SMILES string of the molecule is CN(Cc1ccc(CN)cc1)c1nnc(C(F)(F)F)s1. The zero-order valence-electron chi connectivity index (χ0n) is 10.7. The monoisotopic (exact) mass is 302 g/mol. The van der Waals surface area contributed by atoms with Gasteiger partial charge in [0.1, 0.15) is 0 Å². The van der Waals surface area contributed by atoms with Gasteiger partial charge in [0.2, 0.25) is 10.1 Å². The number of alkyl halides is 3. The number of hydrogen-bond donors (Lipinski definition) is 1. The van der Waals surface area contributed by atoms with Crippen molar-refractivity contribution in [3.8, 4) is 0 Å². The second kappa shape index (κ2) is 5.76. The average Bonchev–Trinajstić information content (AvgIpc) is 2.89. The highest BCUT2D eigenvalue weighted by molar-refractivity contribution is 7.15. The number of benzene rings is 1. The molecule has 0 aliphatic rings. The second-order valence-electron chi connectivity index (χ2n) is 4.26. The van der Waals surface area contributed by atoms with Crippen LogP contribution in [0.25, 0.3) is 0 Å². The minimum Gasteiger partial charge on any atom is -0.345 e. The van der Waals surface area contributed by atoms with Crippen molar-refractivity contribution in [3.05, 3.63) is 40.4 Å². The maximum Gasteiger partial charge on any atom is 0.445 e. The van der Waals surface area contributed by atoms with Crippen LogP contribution in [0, 0.1) is 0 Å². The van der Waals surface area contributed by atoms with Crippen molar-refractivity contribution in [2.45, 2.75) is 19.3 Å².